The summed E-state index contributed by atoms with van der Waals surface area (Å²) in [5, 5.41) is 1.24. The third-order valence-corrected chi connectivity index (χ3v) is 3.31. The van der Waals surface area contributed by atoms with Crippen LogP contribution >= 0.6 is 23.2 Å². The molecular formula is C15H22Cl2O. The minimum absolute atomic E-state index is 0.133. The Morgan fingerprint density at radius 3 is 1.83 bits per heavy atom. The molecule has 0 aliphatic rings. The highest BCUT2D eigenvalue weighted by atomic mass is 35.5. The van der Waals surface area contributed by atoms with Gasteiger partial charge in [0.1, 0.15) is 5.78 Å². The molecule has 1 aromatic rings. The summed E-state index contributed by atoms with van der Waals surface area (Å²) in [4.78, 5) is 10.2. The van der Waals surface area contributed by atoms with Crippen LogP contribution in [0.25, 0.3) is 0 Å². The largest absolute Gasteiger partial charge is 0.300 e. The highest BCUT2D eigenvalue weighted by Gasteiger charge is 2.14. The Labute approximate surface area is 120 Å². The lowest BCUT2D eigenvalue weighted by Gasteiger charge is -2.19. The van der Waals surface area contributed by atoms with E-state index in [4.69, 9.17) is 23.2 Å². The maximum atomic E-state index is 10.2. The Kier molecular flexibility index (Phi) is 7.58. The molecule has 1 aromatic carbocycles. The molecule has 0 saturated heterocycles. The van der Waals surface area contributed by atoms with E-state index in [0.717, 1.165) is 0 Å². The molecule has 18 heavy (non-hydrogen) atoms. The van der Waals surface area contributed by atoms with Gasteiger partial charge in [0.25, 0.3) is 0 Å². The lowest BCUT2D eigenvalue weighted by molar-refractivity contribution is -0.118. The van der Waals surface area contributed by atoms with Gasteiger partial charge in [-0.15, -0.1) is 0 Å². The minimum Gasteiger partial charge on any atom is -0.300 e. The van der Waals surface area contributed by atoms with Crippen molar-refractivity contribution in [2.75, 3.05) is 0 Å². The first kappa shape index (κ1) is 17.5. The lowest BCUT2D eigenvalue weighted by Crippen LogP contribution is -2.10. The molecule has 0 spiro atoms. The van der Waals surface area contributed by atoms with Gasteiger partial charge in [-0.1, -0.05) is 63.9 Å². The fourth-order valence-electron chi connectivity index (χ4n) is 1.21. The second kappa shape index (κ2) is 7.81. The summed E-state index contributed by atoms with van der Waals surface area (Å²) in [6, 6.07) is 5.77. The summed E-state index contributed by atoms with van der Waals surface area (Å²) >= 11 is 11.7. The van der Waals surface area contributed by atoms with E-state index in [1.165, 1.54) is 5.56 Å². The third kappa shape index (κ3) is 6.42. The van der Waals surface area contributed by atoms with E-state index < -0.39 is 0 Å². The lowest BCUT2D eigenvalue weighted by atomic mass is 9.87. The normalized spacial score (nSPS) is 10.6. The van der Waals surface area contributed by atoms with Crippen LogP contribution in [0.1, 0.15) is 53.0 Å². The van der Waals surface area contributed by atoms with Crippen molar-refractivity contribution in [3.8, 4) is 0 Å². The van der Waals surface area contributed by atoms with Crippen LogP contribution in [0.3, 0.4) is 0 Å². The Bertz CT molecular complexity index is 386. The summed E-state index contributed by atoms with van der Waals surface area (Å²) in [6.45, 7) is 10.2. The zero-order valence-corrected chi connectivity index (χ0v) is 13.3. The topological polar surface area (TPSA) is 17.1 Å². The van der Waals surface area contributed by atoms with Crippen LogP contribution in [0, 0.1) is 0 Å². The number of benzene rings is 1. The third-order valence-electron chi connectivity index (χ3n) is 2.57. The van der Waals surface area contributed by atoms with Gasteiger partial charge < -0.3 is 0 Å². The number of hydrogen-bond acceptors (Lipinski definition) is 1. The molecule has 0 N–H and O–H groups in total. The van der Waals surface area contributed by atoms with Crippen molar-refractivity contribution in [3.05, 3.63) is 33.8 Å². The van der Waals surface area contributed by atoms with Crippen LogP contribution in [0.5, 0.6) is 0 Å². The van der Waals surface area contributed by atoms with Gasteiger partial charge >= 0.3 is 0 Å². The number of rotatable bonds is 2. The van der Waals surface area contributed by atoms with E-state index in [-0.39, 0.29) is 5.41 Å². The van der Waals surface area contributed by atoms with Crippen LogP contribution in [-0.2, 0) is 10.2 Å². The van der Waals surface area contributed by atoms with Crippen LogP contribution in [0.4, 0.5) is 0 Å². The molecule has 3 heteroatoms. The highest BCUT2D eigenvalue weighted by molar-refractivity contribution is 6.42. The number of hydrogen-bond donors (Lipinski definition) is 0. The van der Waals surface area contributed by atoms with Crippen LogP contribution in [0.2, 0.25) is 10.0 Å². The van der Waals surface area contributed by atoms with Crippen molar-refractivity contribution < 1.29 is 4.79 Å². The van der Waals surface area contributed by atoms with E-state index >= 15 is 0 Å². The smallest absolute Gasteiger partial charge is 0.132 e. The molecule has 1 nitrogen and oxygen atoms in total. The van der Waals surface area contributed by atoms with Crippen molar-refractivity contribution in [2.24, 2.45) is 0 Å². The second-order valence-corrected chi connectivity index (χ2v) is 5.94. The molecule has 0 atom stereocenters. The second-order valence-electron chi connectivity index (χ2n) is 5.12. The van der Waals surface area contributed by atoms with Gasteiger partial charge in [0, 0.05) is 12.8 Å². The molecule has 0 amide bonds. The number of halogens is 2. The average molecular weight is 289 g/mol. The molecule has 102 valence electrons. The van der Waals surface area contributed by atoms with Gasteiger partial charge in [-0.2, -0.15) is 0 Å². The standard InChI is InChI=1S/C10H12Cl2.C5H10O/c1-10(2,3)7-4-5-8(11)9(12)6-7;1-3-5(6)4-2/h4-6H,1-3H3;3-4H2,1-2H3. The summed E-state index contributed by atoms with van der Waals surface area (Å²) < 4.78 is 0. The zero-order chi connectivity index (χ0) is 14.3. The number of carbonyl (C=O) groups is 1. The van der Waals surface area contributed by atoms with Crippen molar-refractivity contribution in [1.29, 1.82) is 0 Å². The molecular weight excluding hydrogens is 267 g/mol. The Morgan fingerprint density at radius 1 is 1.06 bits per heavy atom. The monoisotopic (exact) mass is 288 g/mol. The summed E-state index contributed by atoms with van der Waals surface area (Å²) in [5.74, 6) is 0.343. The number of ketones is 1. The molecule has 0 heterocycles. The molecule has 0 radical (unpaired) electrons. The summed E-state index contributed by atoms with van der Waals surface area (Å²) in [6.07, 6.45) is 1.38. The molecule has 1 rings (SSSR count). The maximum Gasteiger partial charge on any atom is 0.132 e. The molecule has 0 fully saturated rings. The summed E-state index contributed by atoms with van der Waals surface area (Å²) in [5.41, 5.74) is 1.34. The van der Waals surface area contributed by atoms with Crippen molar-refractivity contribution >= 4 is 29.0 Å². The van der Waals surface area contributed by atoms with Gasteiger partial charge in [-0.25, -0.2) is 0 Å². The van der Waals surface area contributed by atoms with Crippen LogP contribution in [0.15, 0.2) is 18.2 Å². The van der Waals surface area contributed by atoms with E-state index in [1.54, 1.807) is 0 Å². The van der Waals surface area contributed by atoms with Gasteiger partial charge in [0.15, 0.2) is 0 Å². The van der Waals surface area contributed by atoms with E-state index in [9.17, 15) is 4.79 Å². The maximum absolute atomic E-state index is 10.2. The molecule has 0 bridgehead atoms. The SMILES string of the molecule is CC(C)(C)c1ccc(Cl)c(Cl)c1.CCC(=O)CC. The van der Waals surface area contributed by atoms with E-state index in [0.29, 0.717) is 28.7 Å². The molecule has 0 aliphatic heterocycles. The average Bonchev–Trinajstić information content (AvgIpc) is 2.31. The predicted molar refractivity (Wildman–Crippen MR) is 80.8 cm³/mol. The fourth-order valence-corrected chi connectivity index (χ4v) is 1.51. The number of Topliss-reactive ketones (excluding diaryl/α,β-unsaturated/α-hetero) is 1. The Hall–Kier alpha value is -0.530. The van der Waals surface area contributed by atoms with Crippen LogP contribution < -0.4 is 0 Å². The van der Waals surface area contributed by atoms with Gasteiger partial charge in [0.2, 0.25) is 0 Å². The quantitative estimate of drug-likeness (QED) is 0.686. The Morgan fingerprint density at radius 2 is 1.56 bits per heavy atom. The fraction of sp³-hybridized carbons (Fsp3) is 0.533. The Balaban J connectivity index is 0.000000411. The van der Waals surface area contributed by atoms with E-state index in [2.05, 4.69) is 20.8 Å². The zero-order valence-electron chi connectivity index (χ0n) is 11.8. The van der Waals surface area contributed by atoms with Crippen molar-refractivity contribution in [3.63, 3.8) is 0 Å². The molecule has 0 aliphatic carbocycles. The molecule has 0 saturated carbocycles. The van der Waals surface area contributed by atoms with Crippen molar-refractivity contribution in [2.45, 2.75) is 52.9 Å². The van der Waals surface area contributed by atoms with Gasteiger partial charge in [-0.3, -0.25) is 4.79 Å². The first-order valence-corrected chi connectivity index (χ1v) is 6.95. The van der Waals surface area contributed by atoms with Gasteiger partial charge in [-0.05, 0) is 23.1 Å². The summed E-state index contributed by atoms with van der Waals surface area (Å²) in [7, 11) is 0. The number of carbonyl (C=O) groups excluding carboxylic acids is 1. The van der Waals surface area contributed by atoms with Crippen molar-refractivity contribution in [1.82, 2.24) is 0 Å². The first-order chi connectivity index (χ1) is 8.22. The highest BCUT2D eigenvalue weighted by Crippen LogP contribution is 2.29. The van der Waals surface area contributed by atoms with Gasteiger partial charge in [0.05, 0.1) is 10.0 Å². The molecule has 0 unspecified atom stereocenters. The van der Waals surface area contributed by atoms with Crippen LogP contribution in [-0.4, -0.2) is 5.78 Å². The first-order valence-electron chi connectivity index (χ1n) is 6.19. The van der Waals surface area contributed by atoms with E-state index in [1.807, 2.05) is 32.0 Å². The predicted octanol–water partition coefficient (Wildman–Crippen LogP) is 5.67. The molecule has 0 aromatic heterocycles. The minimum atomic E-state index is 0.133.